The molecular weight excluding hydrogens is 260 g/mol. The average molecular weight is 277 g/mol. The Hall–Kier alpha value is -2.68. The Kier molecular flexibility index (Phi) is 1.95. The molecule has 3 nitrogen and oxygen atoms in total. The maximum absolute atomic E-state index is 7.84. The lowest BCUT2D eigenvalue weighted by Gasteiger charge is -2.03. The Bertz CT molecular complexity index is 1050. The zero-order valence-electron chi connectivity index (χ0n) is 14.4. The molecule has 0 fully saturated rings. The van der Waals surface area contributed by atoms with E-state index in [1.165, 1.54) is 0 Å². The lowest BCUT2D eigenvalue weighted by atomic mass is 10.0. The van der Waals surface area contributed by atoms with E-state index in [0.29, 0.717) is 22.1 Å². The van der Waals surface area contributed by atoms with Crippen molar-refractivity contribution in [3.63, 3.8) is 0 Å². The van der Waals surface area contributed by atoms with Crippen LogP contribution in [0.15, 0.2) is 53.1 Å². The first-order valence-electron chi connectivity index (χ1n) is 8.20. The van der Waals surface area contributed by atoms with Crippen molar-refractivity contribution in [3.8, 4) is 11.3 Å². The number of aryl methyl sites for hydroxylation is 2. The summed E-state index contributed by atoms with van der Waals surface area (Å²) < 4.78 is 29.5. The van der Waals surface area contributed by atoms with Crippen LogP contribution in [0.25, 0.3) is 33.3 Å². The zero-order chi connectivity index (χ0) is 16.9. The van der Waals surface area contributed by atoms with E-state index in [1.807, 2.05) is 37.3 Å². The van der Waals surface area contributed by atoms with Gasteiger partial charge in [0.2, 0.25) is 5.71 Å². The monoisotopic (exact) mass is 277 g/mol. The molecule has 4 rings (SSSR count). The number of fused-ring (bicyclic) bond motifs is 3. The van der Waals surface area contributed by atoms with Gasteiger partial charge < -0.3 is 4.42 Å². The Balaban J connectivity index is 2.16. The Morgan fingerprint density at radius 1 is 1.10 bits per heavy atom. The lowest BCUT2D eigenvalue weighted by Crippen LogP contribution is -1.84. The quantitative estimate of drug-likeness (QED) is 0.508. The fraction of sp³-hybridized carbons (Fsp3) is 0.111. The van der Waals surface area contributed by atoms with Gasteiger partial charge in [0.25, 0.3) is 0 Å². The van der Waals surface area contributed by atoms with Crippen LogP contribution in [-0.2, 0) is 0 Å². The van der Waals surface area contributed by atoms with E-state index in [-0.39, 0.29) is 5.56 Å². The molecule has 21 heavy (non-hydrogen) atoms. The highest BCUT2D eigenvalue weighted by atomic mass is 16.3. The molecule has 0 aliphatic carbocycles. The van der Waals surface area contributed by atoms with E-state index >= 15 is 0 Å². The maximum atomic E-state index is 7.84. The Morgan fingerprint density at radius 2 is 2.05 bits per heavy atom. The van der Waals surface area contributed by atoms with Crippen LogP contribution < -0.4 is 0 Å². The summed E-state index contributed by atoms with van der Waals surface area (Å²) in [6.45, 7) is -0.362. The third-order valence-corrected chi connectivity index (χ3v) is 3.57. The third-order valence-electron chi connectivity index (χ3n) is 3.57. The van der Waals surface area contributed by atoms with Crippen molar-refractivity contribution >= 4 is 22.1 Å². The normalized spacial score (nSPS) is 14.0. The van der Waals surface area contributed by atoms with Gasteiger partial charge in [-0.25, -0.2) is 4.98 Å². The van der Waals surface area contributed by atoms with E-state index in [4.69, 9.17) is 8.53 Å². The van der Waals surface area contributed by atoms with Crippen LogP contribution in [0.3, 0.4) is 0 Å². The second-order valence-electron chi connectivity index (χ2n) is 4.99. The lowest BCUT2D eigenvalue weighted by molar-refractivity contribution is 0.653. The molecule has 0 aliphatic rings. The zero-order valence-corrected chi connectivity index (χ0v) is 11.4. The van der Waals surface area contributed by atoms with Crippen LogP contribution >= 0.6 is 0 Å². The molecule has 0 N–H and O–H groups in total. The molecule has 0 saturated heterocycles. The summed E-state index contributed by atoms with van der Waals surface area (Å²) in [7, 11) is 0. The van der Waals surface area contributed by atoms with E-state index < -0.39 is 6.85 Å². The van der Waals surface area contributed by atoms with E-state index in [0.717, 1.165) is 17.0 Å². The van der Waals surface area contributed by atoms with Crippen LogP contribution in [0.5, 0.6) is 0 Å². The van der Waals surface area contributed by atoms with Crippen molar-refractivity contribution in [1.29, 1.82) is 0 Å². The second-order valence-corrected chi connectivity index (χ2v) is 4.99. The molecule has 102 valence electrons. The summed E-state index contributed by atoms with van der Waals surface area (Å²) in [6, 6.07) is 12.7. The van der Waals surface area contributed by atoms with E-state index in [1.54, 1.807) is 18.3 Å². The minimum absolute atomic E-state index is 0.265. The maximum Gasteiger partial charge on any atom is 0.227 e. The first-order valence-corrected chi connectivity index (χ1v) is 6.70. The molecule has 0 spiro atoms. The molecule has 1 aromatic carbocycles. The van der Waals surface area contributed by atoms with Crippen molar-refractivity contribution in [2.75, 3.05) is 0 Å². The minimum Gasteiger partial charge on any atom is -0.437 e. The number of rotatable bonds is 1. The fourth-order valence-electron chi connectivity index (χ4n) is 2.58. The van der Waals surface area contributed by atoms with Gasteiger partial charge >= 0.3 is 0 Å². The molecule has 0 atom stereocenters. The standard InChI is InChI=1S/C18H14N2O/c1-11-6-8-13(15-5-3-4-10-19-15)17-16(11)14-9-7-12(2)20-18(14)21-17/h3-10H,1-2H3/i1D3. The summed E-state index contributed by atoms with van der Waals surface area (Å²) in [4.78, 5) is 8.76. The minimum atomic E-state index is -2.23. The smallest absolute Gasteiger partial charge is 0.227 e. The highest BCUT2D eigenvalue weighted by Gasteiger charge is 2.15. The van der Waals surface area contributed by atoms with Crippen molar-refractivity contribution in [2.24, 2.45) is 0 Å². The van der Waals surface area contributed by atoms with Gasteiger partial charge in [-0.15, -0.1) is 0 Å². The van der Waals surface area contributed by atoms with Gasteiger partial charge in [-0.2, -0.15) is 0 Å². The van der Waals surface area contributed by atoms with Crippen molar-refractivity contribution < 1.29 is 8.53 Å². The van der Waals surface area contributed by atoms with E-state index in [2.05, 4.69) is 9.97 Å². The number of aromatic nitrogens is 2. The summed E-state index contributed by atoms with van der Waals surface area (Å²) in [6.07, 6.45) is 1.70. The van der Waals surface area contributed by atoms with Gasteiger partial charge in [0.05, 0.1) is 5.69 Å². The topological polar surface area (TPSA) is 38.9 Å². The molecule has 3 aromatic heterocycles. The van der Waals surface area contributed by atoms with Crippen LogP contribution in [0.4, 0.5) is 0 Å². The molecule has 0 bridgehead atoms. The number of hydrogen-bond acceptors (Lipinski definition) is 3. The predicted octanol–water partition coefficient (Wildman–Crippen LogP) is 4.66. The van der Waals surface area contributed by atoms with Crippen LogP contribution in [0, 0.1) is 13.8 Å². The van der Waals surface area contributed by atoms with Gasteiger partial charge in [-0.3, -0.25) is 4.98 Å². The molecule has 0 amide bonds. The third kappa shape index (κ3) is 1.82. The van der Waals surface area contributed by atoms with Crippen LogP contribution in [-0.4, -0.2) is 9.97 Å². The van der Waals surface area contributed by atoms with Crippen LogP contribution in [0.2, 0.25) is 0 Å². The molecule has 0 aliphatic heterocycles. The molecule has 0 saturated carbocycles. The van der Waals surface area contributed by atoms with Crippen molar-refractivity contribution in [2.45, 2.75) is 13.8 Å². The fourth-order valence-corrected chi connectivity index (χ4v) is 2.58. The highest BCUT2D eigenvalue weighted by molar-refractivity contribution is 6.09. The molecule has 3 heteroatoms. The van der Waals surface area contributed by atoms with Gasteiger partial charge in [0, 0.05) is 32.3 Å². The van der Waals surface area contributed by atoms with Gasteiger partial charge in [-0.05, 0) is 49.7 Å². The SMILES string of the molecule is [2H]C([2H])([2H])c1ccc(-c2ccccn2)c2oc3nc(C)ccc3c12. The van der Waals surface area contributed by atoms with E-state index in [9.17, 15) is 0 Å². The molecule has 0 radical (unpaired) electrons. The number of hydrogen-bond donors (Lipinski definition) is 0. The van der Waals surface area contributed by atoms with Crippen LogP contribution in [0.1, 0.15) is 15.4 Å². The summed E-state index contributed by atoms with van der Waals surface area (Å²) in [5, 5.41) is 1.29. The molecule has 0 unspecified atom stereocenters. The Morgan fingerprint density at radius 3 is 2.86 bits per heavy atom. The van der Waals surface area contributed by atoms with Gasteiger partial charge in [0.1, 0.15) is 5.58 Å². The Labute approximate surface area is 126 Å². The number of pyridine rings is 2. The molecule has 4 aromatic rings. The first kappa shape index (κ1) is 9.29. The number of benzene rings is 1. The first-order chi connectivity index (χ1) is 11.4. The largest absolute Gasteiger partial charge is 0.437 e. The number of nitrogens with zero attached hydrogens (tertiary/aromatic N) is 2. The average Bonchev–Trinajstić information content (AvgIpc) is 2.92. The van der Waals surface area contributed by atoms with Crippen molar-refractivity contribution in [1.82, 2.24) is 9.97 Å². The summed E-state index contributed by atoms with van der Waals surface area (Å²) in [5.74, 6) is 0. The summed E-state index contributed by atoms with van der Waals surface area (Å²) in [5.41, 5.74) is 3.52. The van der Waals surface area contributed by atoms with Gasteiger partial charge in [0.15, 0.2) is 0 Å². The predicted molar refractivity (Wildman–Crippen MR) is 84.2 cm³/mol. The molecule has 3 heterocycles. The van der Waals surface area contributed by atoms with Gasteiger partial charge in [-0.1, -0.05) is 12.1 Å². The highest BCUT2D eigenvalue weighted by Crippen LogP contribution is 2.36. The second kappa shape index (κ2) is 4.42. The summed E-state index contributed by atoms with van der Waals surface area (Å²) >= 11 is 0. The number of furan rings is 1. The molecular formula is C18H14N2O. The van der Waals surface area contributed by atoms with Crippen molar-refractivity contribution in [3.05, 3.63) is 59.9 Å².